The van der Waals surface area contributed by atoms with Gasteiger partial charge in [0.2, 0.25) is 0 Å². The van der Waals surface area contributed by atoms with E-state index in [2.05, 4.69) is 5.32 Å². The van der Waals surface area contributed by atoms with Crippen LogP contribution in [0.4, 0.5) is 0 Å². The van der Waals surface area contributed by atoms with Crippen molar-refractivity contribution in [1.82, 2.24) is 5.32 Å². The second kappa shape index (κ2) is 6.93. The molecule has 0 spiro atoms. The Morgan fingerprint density at radius 1 is 1.14 bits per heavy atom. The molecule has 0 heterocycles. The number of nitrogens with one attached hydrogen (secondary N) is 1. The first-order valence-corrected chi connectivity index (χ1v) is 7.11. The molecule has 0 aliphatic rings. The molecule has 0 saturated carbocycles. The van der Waals surface area contributed by atoms with Crippen molar-refractivity contribution in [3.63, 3.8) is 0 Å². The molecule has 116 valence electrons. The van der Waals surface area contributed by atoms with E-state index in [0.717, 1.165) is 10.8 Å². The van der Waals surface area contributed by atoms with Crippen molar-refractivity contribution in [3.05, 3.63) is 42.5 Å². The molecule has 2 aromatic rings. The zero-order valence-corrected chi connectivity index (χ0v) is 12.6. The van der Waals surface area contributed by atoms with Crippen LogP contribution in [0.15, 0.2) is 42.5 Å². The van der Waals surface area contributed by atoms with Gasteiger partial charge < -0.3 is 15.2 Å². The van der Waals surface area contributed by atoms with Crippen LogP contribution in [-0.4, -0.2) is 29.6 Å². The Kier molecular flexibility index (Phi) is 4.99. The molecule has 2 atom stereocenters. The normalized spacial score (nSPS) is 13.4. The van der Waals surface area contributed by atoms with Crippen molar-refractivity contribution in [2.45, 2.75) is 19.9 Å². The third-order valence-corrected chi connectivity index (χ3v) is 3.64. The standard InChI is InChI=1S/C17H19NO4/c1-11(17(20)21)12(2)18-16(19)10-22-15-9-5-7-13-6-3-4-8-14(13)15/h3-9,11-12H,10H2,1-2H3,(H,18,19)(H,20,21). The summed E-state index contributed by atoms with van der Waals surface area (Å²) >= 11 is 0. The smallest absolute Gasteiger partial charge is 0.308 e. The minimum atomic E-state index is -0.942. The van der Waals surface area contributed by atoms with Crippen LogP contribution < -0.4 is 10.1 Å². The van der Waals surface area contributed by atoms with E-state index in [1.54, 1.807) is 19.9 Å². The number of carboxylic acids is 1. The van der Waals surface area contributed by atoms with Crippen molar-refractivity contribution in [2.24, 2.45) is 5.92 Å². The number of carbonyl (C=O) groups excluding carboxylic acids is 1. The summed E-state index contributed by atoms with van der Waals surface area (Å²) in [6.45, 7) is 3.07. The fourth-order valence-electron chi connectivity index (χ4n) is 2.10. The van der Waals surface area contributed by atoms with Crippen LogP contribution in [0.5, 0.6) is 5.75 Å². The van der Waals surface area contributed by atoms with E-state index in [9.17, 15) is 9.59 Å². The van der Waals surface area contributed by atoms with Crippen molar-refractivity contribution in [2.75, 3.05) is 6.61 Å². The Morgan fingerprint density at radius 3 is 2.55 bits per heavy atom. The zero-order chi connectivity index (χ0) is 16.1. The average Bonchev–Trinajstić information content (AvgIpc) is 2.51. The Labute approximate surface area is 128 Å². The van der Waals surface area contributed by atoms with Crippen molar-refractivity contribution < 1.29 is 19.4 Å². The van der Waals surface area contributed by atoms with Crippen molar-refractivity contribution in [3.8, 4) is 5.75 Å². The largest absolute Gasteiger partial charge is 0.483 e. The van der Waals surface area contributed by atoms with E-state index in [-0.39, 0.29) is 12.5 Å². The molecular weight excluding hydrogens is 282 g/mol. The van der Waals surface area contributed by atoms with Gasteiger partial charge in [-0.3, -0.25) is 9.59 Å². The van der Waals surface area contributed by atoms with E-state index in [1.807, 2.05) is 36.4 Å². The summed E-state index contributed by atoms with van der Waals surface area (Å²) < 4.78 is 5.56. The number of hydrogen-bond donors (Lipinski definition) is 2. The van der Waals surface area contributed by atoms with Gasteiger partial charge in [0.25, 0.3) is 5.91 Å². The summed E-state index contributed by atoms with van der Waals surface area (Å²) in [5, 5.41) is 13.5. The quantitative estimate of drug-likeness (QED) is 0.859. The first-order valence-electron chi connectivity index (χ1n) is 7.11. The number of amides is 1. The first kappa shape index (κ1) is 15.8. The predicted octanol–water partition coefficient (Wildman–Crippen LogP) is 2.44. The van der Waals surface area contributed by atoms with Gasteiger partial charge in [0, 0.05) is 11.4 Å². The highest BCUT2D eigenvalue weighted by Gasteiger charge is 2.21. The number of benzene rings is 2. The highest BCUT2D eigenvalue weighted by atomic mass is 16.5. The summed E-state index contributed by atoms with van der Waals surface area (Å²) in [5.41, 5.74) is 0. The molecule has 0 aliphatic carbocycles. The molecule has 1 amide bonds. The van der Waals surface area contributed by atoms with Gasteiger partial charge in [0.05, 0.1) is 5.92 Å². The maximum atomic E-state index is 11.9. The Balaban J connectivity index is 1.97. The highest BCUT2D eigenvalue weighted by Crippen LogP contribution is 2.24. The number of carboxylic acid groups (broad SMARTS) is 1. The van der Waals surface area contributed by atoms with Gasteiger partial charge >= 0.3 is 5.97 Å². The molecule has 2 rings (SSSR count). The van der Waals surface area contributed by atoms with Crippen LogP contribution in [-0.2, 0) is 9.59 Å². The van der Waals surface area contributed by atoms with E-state index in [0.29, 0.717) is 5.75 Å². The Morgan fingerprint density at radius 2 is 1.82 bits per heavy atom. The minimum Gasteiger partial charge on any atom is -0.483 e. The van der Waals surface area contributed by atoms with Gasteiger partial charge in [-0.05, 0) is 25.3 Å². The van der Waals surface area contributed by atoms with Crippen LogP contribution in [0.25, 0.3) is 10.8 Å². The summed E-state index contributed by atoms with van der Waals surface area (Å²) in [7, 11) is 0. The summed E-state index contributed by atoms with van der Waals surface area (Å²) in [5.74, 6) is -1.30. The molecule has 2 N–H and O–H groups in total. The van der Waals surface area contributed by atoms with Crippen LogP contribution in [0.3, 0.4) is 0 Å². The molecule has 0 bridgehead atoms. The molecule has 0 saturated heterocycles. The topological polar surface area (TPSA) is 75.6 Å². The third kappa shape index (κ3) is 3.75. The lowest BCUT2D eigenvalue weighted by atomic mass is 10.0. The number of carbonyl (C=O) groups is 2. The predicted molar refractivity (Wildman–Crippen MR) is 83.8 cm³/mol. The summed E-state index contributed by atoms with van der Waals surface area (Å²) in [6.07, 6.45) is 0. The molecule has 5 heteroatoms. The lowest BCUT2D eigenvalue weighted by Crippen LogP contribution is -2.42. The maximum absolute atomic E-state index is 11.9. The fourth-order valence-corrected chi connectivity index (χ4v) is 2.10. The number of rotatable bonds is 6. The lowest BCUT2D eigenvalue weighted by Gasteiger charge is -2.18. The first-order chi connectivity index (χ1) is 10.5. The number of aliphatic carboxylic acids is 1. The van der Waals surface area contributed by atoms with Gasteiger partial charge in [-0.1, -0.05) is 36.4 Å². The Hall–Kier alpha value is -2.56. The van der Waals surface area contributed by atoms with E-state index < -0.39 is 17.9 Å². The molecule has 22 heavy (non-hydrogen) atoms. The second-order valence-corrected chi connectivity index (χ2v) is 5.25. The highest BCUT2D eigenvalue weighted by molar-refractivity contribution is 5.88. The Bertz CT molecular complexity index is 678. The van der Waals surface area contributed by atoms with Gasteiger partial charge in [-0.25, -0.2) is 0 Å². The lowest BCUT2D eigenvalue weighted by molar-refractivity contribution is -0.142. The van der Waals surface area contributed by atoms with Crippen molar-refractivity contribution in [1.29, 1.82) is 0 Å². The molecule has 0 aliphatic heterocycles. The molecule has 0 radical (unpaired) electrons. The van der Waals surface area contributed by atoms with E-state index >= 15 is 0 Å². The van der Waals surface area contributed by atoms with Gasteiger partial charge in [0.15, 0.2) is 6.61 Å². The molecule has 0 fully saturated rings. The van der Waals surface area contributed by atoms with Crippen molar-refractivity contribution >= 4 is 22.6 Å². The molecule has 5 nitrogen and oxygen atoms in total. The van der Waals surface area contributed by atoms with Gasteiger partial charge in [0.1, 0.15) is 5.75 Å². The number of hydrogen-bond acceptors (Lipinski definition) is 3. The third-order valence-electron chi connectivity index (χ3n) is 3.64. The van der Waals surface area contributed by atoms with Gasteiger partial charge in [-0.2, -0.15) is 0 Å². The molecular formula is C17H19NO4. The van der Waals surface area contributed by atoms with E-state index in [4.69, 9.17) is 9.84 Å². The van der Waals surface area contributed by atoms with Gasteiger partial charge in [-0.15, -0.1) is 0 Å². The van der Waals surface area contributed by atoms with Crippen LogP contribution in [0.2, 0.25) is 0 Å². The van der Waals surface area contributed by atoms with E-state index in [1.165, 1.54) is 0 Å². The van der Waals surface area contributed by atoms with Crippen LogP contribution >= 0.6 is 0 Å². The minimum absolute atomic E-state index is 0.148. The fraction of sp³-hybridized carbons (Fsp3) is 0.294. The molecule has 0 aromatic heterocycles. The van der Waals surface area contributed by atoms with Crippen LogP contribution in [0.1, 0.15) is 13.8 Å². The SMILES string of the molecule is CC(NC(=O)COc1cccc2ccccc12)C(C)C(=O)O. The average molecular weight is 301 g/mol. The number of ether oxygens (including phenoxy) is 1. The summed E-state index contributed by atoms with van der Waals surface area (Å²) in [4.78, 5) is 22.7. The van der Waals surface area contributed by atoms with Crippen LogP contribution in [0, 0.1) is 5.92 Å². The maximum Gasteiger partial charge on any atom is 0.308 e. The number of fused-ring (bicyclic) bond motifs is 1. The monoisotopic (exact) mass is 301 g/mol. The summed E-state index contributed by atoms with van der Waals surface area (Å²) in [6, 6.07) is 12.9. The molecule has 2 aromatic carbocycles. The molecule has 2 unspecified atom stereocenters. The zero-order valence-electron chi connectivity index (χ0n) is 12.6. The second-order valence-electron chi connectivity index (χ2n) is 5.25.